The smallest absolute Gasteiger partial charge is 0.240 e. The van der Waals surface area contributed by atoms with Crippen molar-refractivity contribution in [3.05, 3.63) is 58.7 Å². The van der Waals surface area contributed by atoms with Gasteiger partial charge in [0.25, 0.3) is 0 Å². The van der Waals surface area contributed by atoms with Crippen molar-refractivity contribution < 1.29 is 8.78 Å². The van der Waals surface area contributed by atoms with Crippen molar-refractivity contribution in [3.8, 4) is 28.6 Å². The van der Waals surface area contributed by atoms with Crippen LogP contribution in [0.4, 0.5) is 14.7 Å². The average Bonchev–Trinajstić information content (AvgIpc) is 2.53. The molecule has 1 aromatic heterocycles. The molecule has 0 amide bonds. The van der Waals surface area contributed by atoms with E-state index in [1.54, 1.807) is 26.0 Å². The number of benzene rings is 2. The Balaban J connectivity index is 2.27. The molecule has 0 saturated heterocycles. The summed E-state index contributed by atoms with van der Waals surface area (Å²) in [5, 5.41) is 17.0. The number of nitrogens with zero attached hydrogens (tertiary/aromatic N) is 4. The van der Waals surface area contributed by atoms with Crippen LogP contribution in [-0.4, -0.2) is 15.2 Å². The van der Waals surface area contributed by atoms with Gasteiger partial charge >= 0.3 is 0 Å². The minimum Gasteiger partial charge on any atom is -0.366 e. The Bertz CT molecular complexity index is 981. The van der Waals surface area contributed by atoms with Crippen LogP contribution in [0.15, 0.2) is 30.3 Å². The van der Waals surface area contributed by atoms with Gasteiger partial charge in [0.05, 0.1) is 11.6 Å². The van der Waals surface area contributed by atoms with Crippen LogP contribution in [0.1, 0.15) is 16.7 Å². The van der Waals surface area contributed by atoms with Gasteiger partial charge in [-0.2, -0.15) is 5.26 Å². The van der Waals surface area contributed by atoms with Crippen LogP contribution >= 0.6 is 0 Å². The summed E-state index contributed by atoms with van der Waals surface area (Å²) in [6.07, 6.45) is 0. The molecule has 0 radical (unpaired) electrons. The molecule has 5 nitrogen and oxygen atoms in total. The molecule has 2 aromatic carbocycles. The number of hydrogen-bond acceptors (Lipinski definition) is 5. The van der Waals surface area contributed by atoms with Gasteiger partial charge in [-0.1, -0.05) is 0 Å². The van der Waals surface area contributed by atoms with Crippen molar-refractivity contribution in [2.24, 2.45) is 0 Å². The molecule has 3 aromatic rings. The van der Waals surface area contributed by atoms with Crippen LogP contribution in [0.3, 0.4) is 0 Å². The molecule has 3 rings (SSSR count). The Morgan fingerprint density at radius 1 is 0.880 bits per heavy atom. The standard InChI is InChI=1S/C18H13F2N5/c1-9-3-11(4-10(2)15(9)8-21)17-16(23-18(22)25-24-17)12-5-13(19)7-14(20)6-12/h3-7H,1-2H3,(H2,22,23,25). The lowest BCUT2D eigenvalue weighted by molar-refractivity contribution is 0.584. The number of nitrogens with two attached hydrogens (primary N) is 1. The predicted octanol–water partition coefficient (Wildman–Crippen LogP) is 3.55. The van der Waals surface area contributed by atoms with Gasteiger partial charge < -0.3 is 5.73 Å². The first-order valence-electron chi connectivity index (χ1n) is 7.37. The number of aryl methyl sites for hydroxylation is 2. The van der Waals surface area contributed by atoms with Crippen LogP contribution in [0.2, 0.25) is 0 Å². The Morgan fingerprint density at radius 3 is 2.00 bits per heavy atom. The normalized spacial score (nSPS) is 10.5. The molecule has 0 aliphatic rings. The molecule has 25 heavy (non-hydrogen) atoms. The van der Waals surface area contributed by atoms with Crippen LogP contribution in [-0.2, 0) is 0 Å². The summed E-state index contributed by atoms with van der Waals surface area (Å²) in [7, 11) is 0. The fourth-order valence-corrected chi connectivity index (χ4v) is 2.70. The first-order chi connectivity index (χ1) is 11.9. The SMILES string of the molecule is Cc1cc(-c2nnc(N)nc2-c2cc(F)cc(F)c2)cc(C)c1C#N. The zero-order valence-electron chi connectivity index (χ0n) is 13.5. The molecule has 2 N–H and O–H groups in total. The van der Waals surface area contributed by atoms with Gasteiger partial charge in [0.2, 0.25) is 5.95 Å². The van der Waals surface area contributed by atoms with E-state index in [1.165, 1.54) is 0 Å². The summed E-state index contributed by atoms with van der Waals surface area (Å²) in [5.41, 5.74) is 9.07. The van der Waals surface area contributed by atoms with Gasteiger partial charge in [0, 0.05) is 17.2 Å². The molecule has 0 unspecified atom stereocenters. The van der Waals surface area contributed by atoms with Crippen molar-refractivity contribution in [3.63, 3.8) is 0 Å². The maximum atomic E-state index is 13.6. The van der Waals surface area contributed by atoms with Crippen molar-refractivity contribution >= 4 is 5.95 Å². The third kappa shape index (κ3) is 3.15. The Hall–Kier alpha value is -3.40. The maximum absolute atomic E-state index is 13.6. The summed E-state index contributed by atoms with van der Waals surface area (Å²) in [6.45, 7) is 3.60. The monoisotopic (exact) mass is 337 g/mol. The van der Waals surface area contributed by atoms with Crippen LogP contribution in [0.25, 0.3) is 22.5 Å². The molecule has 7 heteroatoms. The highest BCUT2D eigenvalue weighted by Gasteiger charge is 2.16. The van der Waals surface area contributed by atoms with Crippen molar-refractivity contribution in [1.29, 1.82) is 5.26 Å². The van der Waals surface area contributed by atoms with Crippen molar-refractivity contribution in [2.75, 3.05) is 5.73 Å². The largest absolute Gasteiger partial charge is 0.366 e. The van der Waals surface area contributed by atoms with Crippen molar-refractivity contribution in [1.82, 2.24) is 15.2 Å². The molecule has 0 spiro atoms. The maximum Gasteiger partial charge on any atom is 0.240 e. The zero-order valence-corrected chi connectivity index (χ0v) is 13.5. The zero-order chi connectivity index (χ0) is 18.1. The summed E-state index contributed by atoms with van der Waals surface area (Å²) < 4.78 is 27.2. The third-order valence-corrected chi connectivity index (χ3v) is 3.76. The molecule has 0 bridgehead atoms. The molecule has 0 fully saturated rings. The lowest BCUT2D eigenvalue weighted by Gasteiger charge is -2.11. The molecular formula is C18H13F2N5. The van der Waals surface area contributed by atoms with E-state index in [4.69, 9.17) is 5.73 Å². The number of halogens is 2. The average molecular weight is 337 g/mol. The predicted molar refractivity (Wildman–Crippen MR) is 89.2 cm³/mol. The highest BCUT2D eigenvalue weighted by molar-refractivity contribution is 5.79. The van der Waals surface area contributed by atoms with Crippen LogP contribution < -0.4 is 5.73 Å². The van der Waals surface area contributed by atoms with Gasteiger partial charge in [-0.3, -0.25) is 0 Å². The van der Waals surface area contributed by atoms with E-state index < -0.39 is 11.6 Å². The lowest BCUT2D eigenvalue weighted by atomic mass is 9.96. The molecule has 1 heterocycles. The van der Waals surface area contributed by atoms with Crippen molar-refractivity contribution in [2.45, 2.75) is 13.8 Å². The first-order valence-corrected chi connectivity index (χ1v) is 7.37. The van der Waals surface area contributed by atoms with E-state index in [1.807, 2.05) is 0 Å². The van der Waals surface area contributed by atoms with Gasteiger partial charge in [-0.05, 0) is 49.2 Å². The van der Waals surface area contributed by atoms with E-state index >= 15 is 0 Å². The van der Waals surface area contributed by atoms with Crippen LogP contribution in [0.5, 0.6) is 0 Å². The number of rotatable bonds is 2. The van der Waals surface area contributed by atoms with E-state index in [-0.39, 0.29) is 17.2 Å². The van der Waals surface area contributed by atoms with Crippen LogP contribution in [0, 0.1) is 36.8 Å². The first kappa shape index (κ1) is 16.5. The molecule has 124 valence electrons. The number of anilines is 1. The summed E-state index contributed by atoms with van der Waals surface area (Å²) >= 11 is 0. The molecule has 0 atom stereocenters. The lowest BCUT2D eigenvalue weighted by Crippen LogP contribution is -2.03. The van der Waals surface area contributed by atoms with Gasteiger partial charge in [0.1, 0.15) is 23.0 Å². The quantitative estimate of drug-likeness (QED) is 0.772. The number of nitrogen functional groups attached to an aromatic ring is 1. The van der Waals surface area contributed by atoms with E-state index in [9.17, 15) is 14.0 Å². The minimum atomic E-state index is -0.731. The van der Waals surface area contributed by atoms with Gasteiger partial charge in [-0.25, -0.2) is 13.8 Å². The Kier molecular flexibility index (Phi) is 4.11. The molecule has 0 saturated carbocycles. The second-order valence-corrected chi connectivity index (χ2v) is 5.62. The minimum absolute atomic E-state index is 0.106. The van der Waals surface area contributed by atoms with E-state index in [0.717, 1.165) is 29.3 Å². The second kappa shape index (κ2) is 6.24. The third-order valence-electron chi connectivity index (χ3n) is 3.76. The molecular weight excluding hydrogens is 324 g/mol. The van der Waals surface area contributed by atoms with E-state index in [2.05, 4.69) is 21.3 Å². The highest BCUT2D eigenvalue weighted by Crippen LogP contribution is 2.31. The topological polar surface area (TPSA) is 88.5 Å². The highest BCUT2D eigenvalue weighted by atomic mass is 19.1. The van der Waals surface area contributed by atoms with Gasteiger partial charge in [-0.15, -0.1) is 10.2 Å². The van der Waals surface area contributed by atoms with Gasteiger partial charge in [0.15, 0.2) is 0 Å². The second-order valence-electron chi connectivity index (χ2n) is 5.62. The Morgan fingerprint density at radius 2 is 1.44 bits per heavy atom. The fourth-order valence-electron chi connectivity index (χ4n) is 2.70. The number of aromatic nitrogens is 3. The summed E-state index contributed by atoms with van der Waals surface area (Å²) in [6, 6.07) is 8.73. The summed E-state index contributed by atoms with van der Waals surface area (Å²) in [4.78, 5) is 4.11. The number of hydrogen-bond donors (Lipinski definition) is 1. The summed E-state index contributed by atoms with van der Waals surface area (Å²) in [5.74, 6) is -1.57. The molecule has 0 aliphatic carbocycles. The fraction of sp³-hybridized carbons (Fsp3) is 0.111. The Labute approximate surface area is 142 Å². The van der Waals surface area contributed by atoms with E-state index in [0.29, 0.717) is 16.8 Å². The molecule has 0 aliphatic heterocycles. The number of nitriles is 1.